The van der Waals surface area contributed by atoms with Gasteiger partial charge in [0.25, 0.3) is 0 Å². The third kappa shape index (κ3) is 2.61. The Balaban J connectivity index is 2.15. The molecular formula is C19H16O2. The number of rotatable bonds is 2. The Bertz CT molecular complexity index is 774. The molecule has 0 atom stereocenters. The first-order chi connectivity index (χ1) is 10.1. The van der Waals surface area contributed by atoms with E-state index in [1.54, 1.807) is 18.2 Å². The van der Waals surface area contributed by atoms with E-state index in [4.69, 9.17) is 0 Å². The summed E-state index contributed by atoms with van der Waals surface area (Å²) >= 11 is 0. The van der Waals surface area contributed by atoms with Crippen LogP contribution in [0.25, 0.3) is 22.3 Å². The number of phenols is 2. The molecule has 0 spiro atoms. The van der Waals surface area contributed by atoms with E-state index in [9.17, 15) is 10.2 Å². The van der Waals surface area contributed by atoms with E-state index in [1.165, 1.54) is 0 Å². The van der Waals surface area contributed by atoms with Crippen molar-refractivity contribution in [3.05, 3.63) is 72.3 Å². The summed E-state index contributed by atoms with van der Waals surface area (Å²) in [6.45, 7) is 1.89. The van der Waals surface area contributed by atoms with Gasteiger partial charge in [-0.25, -0.2) is 0 Å². The van der Waals surface area contributed by atoms with Crippen LogP contribution in [-0.2, 0) is 0 Å². The topological polar surface area (TPSA) is 40.5 Å². The van der Waals surface area contributed by atoms with E-state index >= 15 is 0 Å². The Morgan fingerprint density at radius 3 is 1.86 bits per heavy atom. The Kier molecular flexibility index (Phi) is 3.36. The molecular weight excluding hydrogens is 260 g/mol. The minimum atomic E-state index is 0.261. The standard InChI is InChI=1S/C19H16O2/c1-13-12-15(8-11-19(13)21)18-5-3-2-4-17(18)14-6-9-16(20)10-7-14/h2-12,20-21H,1H3. The first kappa shape index (κ1) is 13.3. The van der Waals surface area contributed by atoms with Crippen molar-refractivity contribution in [1.82, 2.24) is 0 Å². The van der Waals surface area contributed by atoms with E-state index in [2.05, 4.69) is 12.1 Å². The fraction of sp³-hybridized carbons (Fsp3) is 0.0526. The van der Waals surface area contributed by atoms with E-state index in [0.717, 1.165) is 27.8 Å². The molecule has 0 amide bonds. The van der Waals surface area contributed by atoms with Crippen molar-refractivity contribution in [1.29, 1.82) is 0 Å². The summed E-state index contributed by atoms with van der Waals surface area (Å²) in [7, 11) is 0. The van der Waals surface area contributed by atoms with Gasteiger partial charge in [0.15, 0.2) is 0 Å². The number of benzene rings is 3. The Hall–Kier alpha value is -2.74. The van der Waals surface area contributed by atoms with Crippen LogP contribution in [0, 0.1) is 6.92 Å². The second-order valence-corrected chi connectivity index (χ2v) is 5.09. The number of hydrogen-bond acceptors (Lipinski definition) is 2. The molecule has 0 unspecified atom stereocenters. The zero-order valence-electron chi connectivity index (χ0n) is 11.7. The zero-order chi connectivity index (χ0) is 14.8. The van der Waals surface area contributed by atoms with Gasteiger partial charge in [-0.15, -0.1) is 0 Å². The molecule has 2 N–H and O–H groups in total. The van der Waals surface area contributed by atoms with Crippen LogP contribution in [0.1, 0.15) is 5.56 Å². The normalized spacial score (nSPS) is 10.5. The molecule has 0 saturated carbocycles. The molecule has 0 aliphatic heterocycles. The number of hydrogen-bond donors (Lipinski definition) is 2. The highest BCUT2D eigenvalue weighted by Crippen LogP contribution is 2.34. The average Bonchev–Trinajstić information content (AvgIpc) is 2.51. The quantitative estimate of drug-likeness (QED) is 0.709. The van der Waals surface area contributed by atoms with Gasteiger partial charge in [0.2, 0.25) is 0 Å². The van der Waals surface area contributed by atoms with Crippen LogP contribution in [0.4, 0.5) is 0 Å². The molecule has 3 rings (SSSR count). The fourth-order valence-electron chi connectivity index (χ4n) is 2.45. The second-order valence-electron chi connectivity index (χ2n) is 5.09. The molecule has 0 saturated heterocycles. The van der Waals surface area contributed by atoms with Crippen LogP contribution in [0.15, 0.2) is 66.7 Å². The van der Waals surface area contributed by atoms with Gasteiger partial charge < -0.3 is 10.2 Å². The highest BCUT2D eigenvalue weighted by molar-refractivity contribution is 5.84. The Morgan fingerprint density at radius 1 is 0.667 bits per heavy atom. The van der Waals surface area contributed by atoms with Crippen LogP contribution < -0.4 is 0 Å². The lowest BCUT2D eigenvalue weighted by atomic mass is 9.94. The lowest BCUT2D eigenvalue weighted by Crippen LogP contribution is -1.86. The second kappa shape index (κ2) is 5.33. The molecule has 2 nitrogen and oxygen atoms in total. The van der Waals surface area contributed by atoms with E-state index in [-0.39, 0.29) is 5.75 Å². The number of phenolic OH excluding ortho intramolecular Hbond substituents is 2. The highest BCUT2D eigenvalue weighted by atomic mass is 16.3. The first-order valence-electron chi connectivity index (χ1n) is 6.83. The maximum absolute atomic E-state index is 9.68. The van der Waals surface area contributed by atoms with Gasteiger partial charge >= 0.3 is 0 Å². The molecule has 0 aliphatic carbocycles. The van der Waals surface area contributed by atoms with Gasteiger partial charge in [0, 0.05) is 0 Å². The Morgan fingerprint density at radius 2 is 1.24 bits per heavy atom. The highest BCUT2D eigenvalue weighted by Gasteiger charge is 2.08. The van der Waals surface area contributed by atoms with Crippen LogP contribution in [0.5, 0.6) is 11.5 Å². The van der Waals surface area contributed by atoms with Crippen LogP contribution in [0.2, 0.25) is 0 Å². The molecule has 104 valence electrons. The fourth-order valence-corrected chi connectivity index (χ4v) is 2.45. The molecule has 0 heterocycles. The van der Waals surface area contributed by atoms with Crippen LogP contribution >= 0.6 is 0 Å². The molecule has 0 bridgehead atoms. The summed E-state index contributed by atoms with van der Waals surface area (Å²) in [5, 5.41) is 19.1. The van der Waals surface area contributed by atoms with Gasteiger partial charge in [-0.05, 0) is 59.0 Å². The SMILES string of the molecule is Cc1cc(-c2ccccc2-c2ccc(O)cc2)ccc1O. The molecule has 2 heteroatoms. The molecule has 3 aromatic carbocycles. The summed E-state index contributed by atoms with van der Waals surface area (Å²) in [4.78, 5) is 0. The molecule has 3 aromatic rings. The van der Waals surface area contributed by atoms with Crippen molar-refractivity contribution in [3.63, 3.8) is 0 Å². The predicted molar refractivity (Wildman–Crippen MR) is 85.4 cm³/mol. The van der Waals surface area contributed by atoms with Crippen molar-refractivity contribution in [2.24, 2.45) is 0 Å². The largest absolute Gasteiger partial charge is 0.508 e. The number of aryl methyl sites for hydroxylation is 1. The van der Waals surface area contributed by atoms with Crippen LogP contribution in [0.3, 0.4) is 0 Å². The van der Waals surface area contributed by atoms with Gasteiger partial charge in [0.1, 0.15) is 11.5 Å². The minimum Gasteiger partial charge on any atom is -0.508 e. The zero-order valence-corrected chi connectivity index (χ0v) is 11.7. The van der Waals surface area contributed by atoms with Crippen molar-refractivity contribution >= 4 is 0 Å². The summed E-state index contributed by atoms with van der Waals surface area (Å²) < 4.78 is 0. The summed E-state index contributed by atoms with van der Waals surface area (Å²) in [6, 6.07) is 20.9. The maximum Gasteiger partial charge on any atom is 0.118 e. The predicted octanol–water partition coefficient (Wildman–Crippen LogP) is 4.74. The third-order valence-electron chi connectivity index (χ3n) is 3.61. The summed E-state index contributed by atoms with van der Waals surface area (Å²) in [6.07, 6.45) is 0. The molecule has 0 fully saturated rings. The smallest absolute Gasteiger partial charge is 0.118 e. The summed E-state index contributed by atoms with van der Waals surface area (Å²) in [5.41, 5.74) is 5.17. The van der Waals surface area contributed by atoms with Crippen molar-refractivity contribution in [3.8, 4) is 33.8 Å². The molecule has 21 heavy (non-hydrogen) atoms. The lowest BCUT2D eigenvalue weighted by Gasteiger charge is -2.11. The maximum atomic E-state index is 9.68. The minimum absolute atomic E-state index is 0.261. The lowest BCUT2D eigenvalue weighted by molar-refractivity contribution is 0.471. The van der Waals surface area contributed by atoms with E-state index in [0.29, 0.717) is 5.75 Å². The first-order valence-corrected chi connectivity index (χ1v) is 6.83. The number of aromatic hydroxyl groups is 2. The van der Waals surface area contributed by atoms with Crippen molar-refractivity contribution < 1.29 is 10.2 Å². The molecule has 0 aliphatic rings. The third-order valence-corrected chi connectivity index (χ3v) is 3.61. The molecule has 0 radical (unpaired) electrons. The Labute approximate surface area is 123 Å². The van der Waals surface area contributed by atoms with Gasteiger partial charge in [-0.3, -0.25) is 0 Å². The molecule has 0 aromatic heterocycles. The summed E-state index contributed by atoms with van der Waals surface area (Å²) in [5.74, 6) is 0.567. The average molecular weight is 276 g/mol. The van der Waals surface area contributed by atoms with Crippen LogP contribution in [-0.4, -0.2) is 10.2 Å². The van der Waals surface area contributed by atoms with E-state index in [1.807, 2.05) is 43.3 Å². The van der Waals surface area contributed by atoms with Crippen molar-refractivity contribution in [2.45, 2.75) is 6.92 Å². The van der Waals surface area contributed by atoms with Crippen molar-refractivity contribution in [2.75, 3.05) is 0 Å². The monoisotopic (exact) mass is 276 g/mol. The van der Waals surface area contributed by atoms with Gasteiger partial charge in [-0.1, -0.05) is 42.5 Å². The van der Waals surface area contributed by atoms with E-state index < -0.39 is 0 Å². The van der Waals surface area contributed by atoms with Gasteiger partial charge in [0.05, 0.1) is 0 Å². The van der Waals surface area contributed by atoms with Gasteiger partial charge in [-0.2, -0.15) is 0 Å².